The van der Waals surface area contributed by atoms with Gasteiger partial charge in [0.2, 0.25) is 17.2 Å². The van der Waals surface area contributed by atoms with Gasteiger partial charge in [-0.1, -0.05) is 6.07 Å². The molecule has 0 N–H and O–H groups in total. The maximum Gasteiger partial charge on any atom is 0.219 e. The third-order valence-electron chi connectivity index (χ3n) is 6.92. The van der Waals surface area contributed by atoms with Crippen LogP contribution >= 0.6 is 0 Å². The monoisotopic (exact) mass is 656 g/mol. The minimum absolute atomic E-state index is 0.0170. The van der Waals surface area contributed by atoms with Crippen LogP contribution in [0, 0.1) is 68.0 Å². The fourth-order valence-corrected chi connectivity index (χ4v) is 4.61. The van der Waals surface area contributed by atoms with Crippen LogP contribution in [0.2, 0.25) is 0 Å². The highest BCUT2D eigenvalue weighted by Gasteiger charge is 2.28. The van der Waals surface area contributed by atoms with Gasteiger partial charge in [-0.15, -0.1) is 0 Å². The number of ether oxygens (including phenoxy) is 6. The largest absolute Gasteiger partial charge is 0.497 e. The Labute approximate surface area is 286 Å². The Hall–Kier alpha value is -8.16. The SMILES string of the molecule is COc1ccc(Oc2cc(Oc3c(C#N)cccc3C#N)c(Oc3ccc(C#N)c(C#N)c3)c(Oc3cc(C#N)cc(C#N)c3)c2OC)cc1. The molecule has 0 saturated heterocycles. The molecule has 5 aromatic rings. The highest BCUT2D eigenvalue weighted by atomic mass is 16.6. The maximum absolute atomic E-state index is 9.89. The van der Waals surface area contributed by atoms with E-state index in [1.807, 2.05) is 36.4 Å². The van der Waals surface area contributed by atoms with Crippen LogP contribution in [0.25, 0.3) is 0 Å². The number of nitriles is 6. The second-order valence-electron chi connectivity index (χ2n) is 9.95. The molecule has 0 spiro atoms. The number of nitrogens with zero attached hydrogens (tertiary/aromatic N) is 6. The molecule has 0 heterocycles. The third-order valence-corrected chi connectivity index (χ3v) is 6.92. The normalized spacial score (nSPS) is 9.68. The van der Waals surface area contributed by atoms with Gasteiger partial charge in [0, 0.05) is 6.07 Å². The van der Waals surface area contributed by atoms with E-state index in [1.165, 1.54) is 74.9 Å². The van der Waals surface area contributed by atoms with Crippen molar-refractivity contribution in [2.24, 2.45) is 0 Å². The lowest BCUT2D eigenvalue weighted by molar-refractivity contribution is 0.330. The van der Waals surface area contributed by atoms with Crippen molar-refractivity contribution >= 4 is 0 Å². The summed E-state index contributed by atoms with van der Waals surface area (Å²) in [4.78, 5) is 0. The van der Waals surface area contributed by atoms with Gasteiger partial charge in [-0.25, -0.2) is 0 Å². The summed E-state index contributed by atoms with van der Waals surface area (Å²) in [5, 5.41) is 58.2. The van der Waals surface area contributed by atoms with Crippen LogP contribution in [0.4, 0.5) is 0 Å². The number of para-hydroxylation sites is 1. The first-order valence-corrected chi connectivity index (χ1v) is 14.3. The molecule has 0 aliphatic heterocycles. The highest BCUT2D eigenvalue weighted by Crippen LogP contribution is 2.55. The molecule has 5 aromatic carbocycles. The molecule has 0 atom stereocenters. The lowest BCUT2D eigenvalue weighted by Crippen LogP contribution is -2.02. The van der Waals surface area contributed by atoms with Crippen molar-refractivity contribution in [3.05, 3.63) is 118 Å². The molecule has 12 heteroatoms. The van der Waals surface area contributed by atoms with Gasteiger partial charge < -0.3 is 28.4 Å². The molecular weight excluding hydrogens is 636 g/mol. The summed E-state index contributed by atoms with van der Waals surface area (Å²) < 4.78 is 36.2. The Bertz CT molecular complexity index is 2320. The Kier molecular flexibility index (Phi) is 9.93. The molecule has 0 saturated carbocycles. The summed E-state index contributed by atoms with van der Waals surface area (Å²) in [6.45, 7) is 0. The van der Waals surface area contributed by atoms with Crippen molar-refractivity contribution in [1.82, 2.24) is 0 Å². The Morgan fingerprint density at radius 1 is 0.380 bits per heavy atom. The van der Waals surface area contributed by atoms with E-state index in [-0.39, 0.29) is 79.4 Å². The molecule has 0 bridgehead atoms. The highest BCUT2D eigenvalue weighted by molar-refractivity contribution is 5.70. The molecule has 5 rings (SSSR count). The summed E-state index contributed by atoms with van der Waals surface area (Å²) in [5.74, 6) is 0.399. The second kappa shape index (κ2) is 15.0. The summed E-state index contributed by atoms with van der Waals surface area (Å²) >= 11 is 0. The number of hydrogen-bond donors (Lipinski definition) is 0. The van der Waals surface area contributed by atoms with Crippen LogP contribution in [0.1, 0.15) is 33.4 Å². The summed E-state index contributed by atoms with van der Waals surface area (Å²) in [5.41, 5.74) is 0.411. The quantitative estimate of drug-likeness (QED) is 0.140. The van der Waals surface area contributed by atoms with Crippen molar-refractivity contribution in [2.45, 2.75) is 0 Å². The average Bonchev–Trinajstić information content (AvgIpc) is 3.16. The smallest absolute Gasteiger partial charge is 0.219 e. The van der Waals surface area contributed by atoms with Crippen LogP contribution in [0.5, 0.6) is 57.5 Å². The van der Waals surface area contributed by atoms with Gasteiger partial charge >= 0.3 is 0 Å². The van der Waals surface area contributed by atoms with Crippen molar-refractivity contribution in [3.8, 4) is 93.9 Å². The molecule has 0 aliphatic carbocycles. The standard InChI is InChI=1S/C38H20N6O6/c1-45-29-8-10-30(11-9-29)47-33-16-34(50-35-26(20-42)4-3-5-27(35)21-43)37(48-31-7-6-25(19-41)28(15-31)22-44)38(36(33)46-2)49-32-13-23(17-39)12-24(14-32)18-40/h3-16H,1-2H3. The van der Waals surface area contributed by atoms with Crippen LogP contribution in [-0.2, 0) is 0 Å². The van der Waals surface area contributed by atoms with Crippen molar-refractivity contribution in [1.29, 1.82) is 31.6 Å². The van der Waals surface area contributed by atoms with Gasteiger partial charge in [0.05, 0.1) is 59.7 Å². The van der Waals surface area contributed by atoms with Crippen LogP contribution < -0.4 is 28.4 Å². The summed E-state index contributed by atoms with van der Waals surface area (Å²) in [7, 11) is 2.86. The summed E-state index contributed by atoms with van der Waals surface area (Å²) in [6.07, 6.45) is 0. The number of rotatable bonds is 10. The maximum atomic E-state index is 9.89. The van der Waals surface area contributed by atoms with Crippen LogP contribution in [0.3, 0.4) is 0 Å². The lowest BCUT2D eigenvalue weighted by Gasteiger charge is -2.22. The third kappa shape index (κ3) is 6.97. The van der Waals surface area contributed by atoms with E-state index in [4.69, 9.17) is 28.4 Å². The van der Waals surface area contributed by atoms with E-state index in [1.54, 1.807) is 24.3 Å². The van der Waals surface area contributed by atoms with E-state index in [0.717, 1.165) is 0 Å². The van der Waals surface area contributed by atoms with E-state index < -0.39 is 0 Å². The van der Waals surface area contributed by atoms with Gasteiger partial charge in [0.1, 0.15) is 47.3 Å². The zero-order chi connectivity index (χ0) is 35.6. The first kappa shape index (κ1) is 33.2. The predicted molar refractivity (Wildman–Crippen MR) is 174 cm³/mol. The van der Waals surface area contributed by atoms with Crippen molar-refractivity contribution in [3.63, 3.8) is 0 Å². The van der Waals surface area contributed by atoms with Crippen LogP contribution in [0.15, 0.2) is 84.9 Å². The predicted octanol–water partition coefficient (Wildman–Crippen LogP) is 8.10. The molecule has 0 fully saturated rings. The molecule has 238 valence electrons. The molecule has 0 aliphatic rings. The van der Waals surface area contributed by atoms with Gasteiger partial charge in [-0.05, 0) is 72.8 Å². The lowest BCUT2D eigenvalue weighted by atomic mass is 10.1. The van der Waals surface area contributed by atoms with E-state index in [0.29, 0.717) is 11.5 Å². The Morgan fingerprint density at radius 3 is 1.50 bits per heavy atom. The van der Waals surface area contributed by atoms with Crippen LogP contribution in [-0.4, -0.2) is 14.2 Å². The zero-order valence-electron chi connectivity index (χ0n) is 26.2. The van der Waals surface area contributed by atoms with Gasteiger partial charge in [0.15, 0.2) is 17.2 Å². The summed E-state index contributed by atoms with van der Waals surface area (Å²) in [6, 6.07) is 32.6. The minimum atomic E-state index is -0.185. The zero-order valence-corrected chi connectivity index (χ0v) is 26.2. The Morgan fingerprint density at radius 2 is 0.940 bits per heavy atom. The molecule has 0 amide bonds. The molecular formula is C38H20N6O6. The molecule has 12 nitrogen and oxygen atoms in total. The number of hydrogen-bond acceptors (Lipinski definition) is 12. The second-order valence-corrected chi connectivity index (χ2v) is 9.95. The van der Waals surface area contributed by atoms with E-state index in [2.05, 4.69) is 0 Å². The Balaban J connectivity index is 1.82. The average molecular weight is 657 g/mol. The van der Waals surface area contributed by atoms with Gasteiger partial charge in [-0.2, -0.15) is 31.6 Å². The molecule has 0 unspecified atom stereocenters. The topological polar surface area (TPSA) is 198 Å². The van der Waals surface area contributed by atoms with Gasteiger partial charge in [-0.3, -0.25) is 0 Å². The first-order valence-electron chi connectivity index (χ1n) is 14.3. The van der Waals surface area contributed by atoms with E-state index >= 15 is 0 Å². The molecule has 0 aromatic heterocycles. The number of benzene rings is 5. The first-order chi connectivity index (χ1) is 24.4. The number of methoxy groups -OCH3 is 2. The molecule has 50 heavy (non-hydrogen) atoms. The minimum Gasteiger partial charge on any atom is -0.497 e. The van der Waals surface area contributed by atoms with E-state index in [9.17, 15) is 31.6 Å². The fraction of sp³-hybridized carbons (Fsp3) is 0.0526. The molecule has 0 radical (unpaired) electrons. The van der Waals surface area contributed by atoms with Gasteiger partial charge in [0.25, 0.3) is 0 Å². The van der Waals surface area contributed by atoms with Crippen molar-refractivity contribution in [2.75, 3.05) is 14.2 Å². The fourth-order valence-electron chi connectivity index (χ4n) is 4.61. The van der Waals surface area contributed by atoms with Crippen molar-refractivity contribution < 1.29 is 28.4 Å².